The van der Waals surface area contributed by atoms with Crippen LogP contribution in [0.3, 0.4) is 0 Å². The van der Waals surface area contributed by atoms with Crippen LogP contribution in [0.5, 0.6) is 0 Å². The standard InChI is InChI=1S/C21H21Cl2NO2/c1-21(2)17(12-18(22)23)19(21)20(25)26-13-14-7-6-10-16(11-14)24-15-8-4-3-5-9-15/h3-12,17,19,24H,13H2,1-2H3. The zero-order chi connectivity index (χ0) is 18.7. The molecule has 2 atom stereocenters. The fourth-order valence-corrected chi connectivity index (χ4v) is 3.52. The van der Waals surface area contributed by atoms with Crippen LogP contribution >= 0.6 is 23.2 Å². The average Bonchev–Trinajstić information content (AvgIpc) is 3.13. The van der Waals surface area contributed by atoms with Gasteiger partial charge in [-0.25, -0.2) is 0 Å². The number of allylic oxidation sites excluding steroid dienone is 1. The zero-order valence-corrected chi connectivity index (χ0v) is 16.2. The molecule has 1 aliphatic rings. The van der Waals surface area contributed by atoms with Crippen molar-refractivity contribution in [1.29, 1.82) is 0 Å². The number of anilines is 2. The van der Waals surface area contributed by atoms with E-state index < -0.39 is 0 Å². The fourth-order valence-electron chi connectivity index (χ4n) is 3.25. The maximum absolute atomic E-state index is 12.4. The molecule has 0 spiro atoms. The lowest BCUT2D eigenvalue weighted by Gasteiger charge is -2.09. The number of para-hydroxylation sites is 1. The Morgan fingerprint density at radius 2 is 1.81 bits per heavy atom. The Hall–Kier alpha value is -1.97. The Bertz CT molecular complexity index is 814. The highest BCUT2D eigenvalue weighted by atomic mass is 35.5. The van der Waals surface area contributed by atoms with E-state index in [1.807, 2.05) is 68.4 Å². The number of benzene rings is 2. The molecule has 1 aliphatic carbocycles. The SMILES string of the molecule is CC1(C)C(C=C(Cl)Cl)C1C(=O)OCc1cccc(Nc2ccccc2)c1. The summed E-state index contributed by atoms with van der Waals surface area (Å²) >= 11 is 11.5. The molecule has 0 aliphatic heterocycles. The van der Waals surface area contributed by atoms with Gasteiger partial charge in [-0.15, -0.1) is 0 Å². The summed E-state index contributed by atoms with van der Waals surface area (Å²) in [6.07, 6.45) is 1.72. The monoisotopic (exact) mass is 389 g/mol. The Morgan fingerprint density at radius 1 is 1.12 bits per heavy atom. The summed E-state index contributed by atoms with van der Waals surface area (Å²) in [5, 5.41) is 3.33. The second-order valence-corrected chi connectivity index (χ2v) is 8.09. The number of hydrogen-bond donors (Lipinski definition) is 1. The maximum Gasteiger partial charge on any atom is 0.310 e. The molecule has 136 valence electrons. The molecule has 0 heterocycles. The smallest absolute Gasteiger partial charge is 0.310 e. The van der Waals surface area contributed by atoms with Crippen molar-refractivity contribution < 1.29 is 9.53 Å². The molecule has 0 bridgehead atoms. The Balaban J connectivity index is 1.59. The molecule has 0 saturated heterocycles. The van der Waals surface area contributed by atoms with Gasteiger partial charge >= 0.3 is 5.97 Å². The third kappa shape index (κ3) is 4.40. The van der Waals surface area contributed by atoms with Crippen LogP contribution in [0.4, 0.5) is 11.4 Å². The number of ether oxygens (including phenoxy) is 1. The van der Waals surface area contributed by atoms with Crippen molar-refractivity contribution in [3.05, 3.63) is 70.7 Å². The van der Waals surface area contributed by atoms with Crippen molar-refractivity contribution in [2.45, 2.75) is 20.5 Å². The van der Waals surface area contributed by atoms with Crippen LogP contribution in [-0.2, 0) is 16.1 Å². The summed E-state index contributed by atoms with van der Waals surface area (Å²) in [5.74, 6) is -0.404. The highest BCUT2D eigenvalue weighted by Crippen LogP contribution is 2.60. The number of carbonyl (C=O) groups excluding carboxylic acids is 1. The molecule has 5 heteroatoms. The van der Waals surface area contributed by atoms with E-state index in [9.17, 15) is 4.79 Å². The van der Waals surface area contributed by atoms with Gasteiger partial charge in [0.15, 0.2) is 0 Å². The first-order valence-electron chi connectivity index (χ1n) is 8.48. The first-order chi connectivity index (χ1) is 12.4. The average molecular weight is 390 g/mol. The van der Waals surface area contributed by atoms with Gasteiger partial charge in [-0.05, 0) is 47.2 Å². The lowest BCUT2D eigenvalue weighted by atomic mass is 10.1. The lowest BCUT2D eigenvalue weighted by Crippen LogP contribution is -2.10. The zero-order valence-electron chi connectivity index (χ0n) is 14.7. The Labute approximate surface area is 164 Å². The highest BCUT2D eigenvalue weighted by Gasteiger charge is 2.61. The van der Waals surface area contributed by atoms with Crippen molar-refractivity contribution in [2.24, 2.45) is 17.3 Å². The van der Waals surface area contributed by atoms with Crippen molar-refractivity contribution in [3.8, 4) is 0 Å². The van der Waals surface area contributed by atoms with Gasteiger partial charge in [-0.3, -0.25) is 4.79 Å². The minimum absolute atomic E-state index is 0.0195. The van der Waals surface area contributed by atoms with E-state index in [2.05, 4.69) is 5.32 Å². The predicted molar refractivity (Wildman–Crippen MR) is 107 cm³/mol. The van der Waals surface area contributed by atoms with Gasteiger partial charge < -0.3 is 10.1 Å². The van der Waals surface area contributed by atoms with Crippen molar-refractivity contribution in [1.82, 2.24) is 0 Å². The summed E-state index contributed by atoms with van der Waals surface area (Å²) in [4.78, 5) is 12.4. The molecular weight excluding hydrogens is 369 g/mol. The molecule has 1 N–H and O–H groups in total. The topological polar surface area (TPSA) is 38.3 Å². The van der Waals surface area contributed by atoms with Crippen LogP contribution in [0.25, 0.3) is 0 Å². The number of rotatable bonds is 6. The summed E-state index contributed by atoms with van der Waals surface area (Å²) in [5.41, 5.74) is 2.71. The van der Waals surface area contributed by atoms with Crippen LogP contribution in [-0.4, -0.2) is 5.97 Å². The van der Waals surface area contributed by atoms with Gasteiger partial charge in [0.1, 0.15) is 11.1 Å². The van der Waals surface area contributed by atoms with Gasteiger partial charge in [-0.2, -0.15) is 0 Å². The van der Waals surface area contributed by atoms with E-state index in [-0.39, 0.29) is 34.3 Å². The molecule has 0 radical (unpaired) electrons. The quantitative estimate of drug-likeness (QED) is 0.609. The molecule has 26 heavy (non-hydrogen) atoms. The molecule has 1 saturated carbocycles. The van der Waals surface area contributed by atoms with Crippen LogP contribution in [0.2, 0.25) is 0 Å². The first kappa shape index (κ1) is 18.8. The second-order valence-electron chi connectivity index (χ2n) is 7.08. The molecule has 0 aromatic heterocycles. The molecule has 0 amide bonds. The van der Waals surface area contributed by atoms with E-state index in [0.717, 1.165) is 16.9 Å². The number of hydrogen-bond acceptors (Lipinski definition) is 3. The Kier molecular flexibility index (Phi) is 5.59. The molecule has 2 aromatic rings. The molecule has 3 rings (SSSR count). The van der Waals surface area contributed by atoms with Crippen molar-refractivity contribution in [3.63, 3.8) is 0 Å². The lowest BCUT2D eigenvalue weighted by molar-refractivity contribution is -0.147. The van der Waals surface area contributed by atoms with E-state index in [4.69, 9.17) is 27.9 Å². The summed E-state index contributed by atoms with van der Waals surface area (Å²) in [6, 6.07) is 17.8. The second kappa shape index (κ2) is 7.73. The molecule has 2 aromatic carbocycles. The van der Waals surface area contributed by atoms with Gasteiger partial charge in [0.05, 0.1) is 5.92 Å². The summed E-state index contributed by atoms with van der Waals surface area (Å²) in [6.45, 7) is 4.27. The van der Waals surface area contributed by atoms with Crippen molar-refractivity contribution >= 4 is 40.5 Å². The van der Waals surface area contributed by atoms with E-state index >= 15 is 0 Å². The minimum Gasteiger partial charge on any atom is -0.461 e. The van der Waals surface area contributed by atoms with Crippen molar-refractivity contribution in [2.75, 3.05) is 5.32 Å². The summed E-state index contributed by atoms with van der Waals surface area (Å²) < 4.78 is 5.72. The van der Waals surface area contributed by atoms with Crippen LogP contribution in [0, 0.1) is 17.3 Å². The largest absolute Gasteiger partial charge is 0.461 e. The van der Waals surface area contributed by atoms with Crippen LogP contribution < -0.4 is 5.32 Å². The normalized spacial score (nSPS) is 20.2. The van der Waals surface area contributed by atoms with E-state index in [1.54, 1.807) is 6.08 Å². The minimum atomic E-state index is -0.216. The van der Waals surface area contributed by atoms with E-state index in [1.165, 1.54) is 0 Å². The maximum atomic E-state index is 12.4. The molecule has 3 nitrogen and oxygen atoms in total. The molecule has 2 unspecified atom stereocenters. The van der Waals surface area contributed by atoms with Crippen LogP contribution in [0.15, 0.2) is 65.2 Å². The van der Waals surface area contributed by atoms with Gasteiger partial charge in [-0.1, -0.05) is 67.4 Å². The summed E-state index contributed by atoms with van der Waals surface area (Å²) in [7, 11) is 0. The van der Waals surface area contributed by atoms with Gasteiger partial charge in [0, 0.05) is 11.4 Å². The number of carbonyl (C=O) groups is 1. The Morgan fingerprint density at radius 3 is 2.50 bits per heavy atom. The predicted octanol–water partition coefficient (Wildman–Crippen LogP) is 6.06. The highest BCUT2D eigenvalue weighted by molar-refractivity contribution is 6.55. The third-order valence-corrected chi connectivity index (χ3v) is 5.09. The molecule has 1 fully saturated rings. The van der Waals surface area contributed by atoms with Crippen LogP contribution in [0.1, 0.15) is 19.4 Å². The van der Waals surface area contributed by atoms with E-state index in [0.29, 0.717) is 0 Å². The number of nitrogens with one attached hydrogen (secondary N) is 1. The number of halogens is 2. The van der Waals surface area contributed by atoms with Gasteiger partial charge in [0.2, 0.25) is 0 Å². The third-order valence-electron chi connectivity index (χ3n) is 4.84. The fraction of sp³-hybridized carbons (Fsp3) is 0.286. The number of esters is 1. The first-order valence-corrected chi connectivity index (χ1v) is 9.24. The van der Waals surface area contributed by atoms with Gasteiger partial charge in [0.25, 0.3) is 0 Å². The molecular formula is C21H21Cl2NO2.